The van der Waals surface area contributed by atoms with Crippen molar-refractivity contribution in [2.45, 2.75) is 63.1 Å². The lowest BCUT2D eigenvalue weighted by Gasteiger charge is -2.46. The van der Waals surface area contributed by atoms with Gasteiger partial charge in [-0.3, -0.25) is 0 Å². The van der Waals surface area contributed by atoms with Crippen LogP contribution >= 0.6 is 0 Å². The van der Waals surface area contributed by atoms with E-state index in [9.17, 15) is 15.3 Å². The van der Waals surface area contributed by atoms with E-state index in [0.717, 1.165) is 12.8 Å². The minimum absolute atomic E-state index is 0.364. The Hall–Kier alpha value is -0.200. The summed E-state index contributed by atoms with van der Waals surface area (Å²) in [5.41, 5.74) is -1.47. The molecule has 96 valence electrons. The first kappa shape index (κ1) is 13.9. The molecule has 4 N–H and O–H groups in total. The number of rotatable bonds is 4. The summed E-state index contributed by atoms with van der Waals surface area (Å²) in [7, 11) is 0. The summed E-state index contributed by atoms with van der Waals surface area (Å²) in [5.74, 6) is 0. The lowest BCUT2D eigenvalue weighted by molar-refractivity contribution is -0.269. The van der Waals surface area contributed by atoms with Crippen molar-refractivity contribution in [2.75, 3.05) is 6.61 Å². The molecule has 0 spiro atoms. The van der Waals surface area contributed by atoms with Crippen LogP contribution in [-0.4, -0.2) is 57.0 Å². The van der Waals surface area contributed by atoms with E-state index >= 15 is 0 Å². The first-order valence-corrected chi connectivity index (χ1v) is 5.80. The number of hydrogen-bond donors (Lipinski definition) is 4. The van der Waals surface area contributed by atoms with Gasteiger partial charge >= 0.3 is 0 Å². The molecule has 1 aliphatic heterocycles. The van der Waals surface area contributed by atoms with Crippen LogP contribution in [-0.2, 0) is 4.74 Å². The van der Waals surface area contributed by atoms with Gasteiger partial charge in [0.1, 0.15) is 23.9 Å². The molecule has 1 heterocycles. The summed E-state index contributed by atoms with van der Waals surface area (Å²) in [6, 6.07) is 0. The van der Waals surface area contributed by atoms with Crippen LogP contribution in [0.2, 0.25) is 0 Å². The molecule has 0 aromatic rings. The van der Waals surface area contributed by atoms with Gasteiger partial charge in [-0.05, 0) is 13.3 Å². The molecular weight excluding hydrogens is 212 g/mol. The maximum atomic E-state index is 10.1. The van der Waals surface area contributed by atoms with E-state index in [2.05, 4.69) is 0 Å². The number of unbranched alkanes of at least 4 members (excludes halogenated alkanes) is 1. The summed E-state index contributed by atoms with van der Waals surface area (Å²) in [6.45, 7) is 3.11. The third-order valence-electron chi connectivity index (χ3n) is 3.29. The number of aliphatic hydroxyl groups is 4. The Bertz CT molecular complexity index is 218. The minimum Gasteiger partial charge on any atom is -0.394 e. The zero-order valence-electron chi connectivity index (χ0n) is 9.83. The quantitative estimate of drug-likeness (QED) is 0.522. The topological polar surface area (TPSA) is 90.2 Å². The van der Waals surface area contributed by atoms with Gasteiger partial charge in [0.25, 0.3) is 0 Å². The van der Waals surface area contributed by atoms with E-state index in [4.69, 9.17) is 9.84 Å². The largest absolute Gasteiger partial charge is 0.394 e. The summed E-state index contributed by atoms with van der Waals surface area (Å²) in [4.78, 5) is 0. The molecule has 0 saturated carbocycles. The van der Waals surface area contributed by atoms with Gasteiger partial charge < -0.3 is 25.2 Å². The lowest BCUT2D eigenvalue weighted by atomic mass is 9.82. The van der Waals surface area contributed by atoms with Crippen molar-refractivity contribution < 1.29 is 25.2 Å². The molecule has 5 unspecified atom stereocenters. The molecule has 1 fully saturated rings. The summed E-state index contributed by atoms with van der Waals surface area (Å²) in [5, 5.41) is 38.5. The van der Waals surface area contributed by atoms with Crippen LogP contribution in [0.15, 0.2) is 0 Å². The van der Waals surface area contributed by atoms with E-state index in [1.165, 1.54) is 6.92 Å². The van der Waals surface area contributed by atoms with Gasteiger partial charge in [0.05, 0.1) is 12.7 Å². The fourth-order valence-electron chi connectivity index (χ4n) is 2.07. The normalized spacial score (nSPS) is 44.6. The molecule has 0 aromatic heterocycles. The minimum atomic E-state index is -1.47. The Labute approximate surface area is 95.7 Å². The number of aliphatic hydroxyl groups excluding tert-OH is 3. The first-order chi connectivity index (χ1) is 7.45. The maximum absolute atomic E-state index is 10.1. The maximum Gasteiger partial charge on any atom is 0.116 e. The van der Waals surface area contributed by atoms with Crippen molar-refractivity contribution in [2.24, 2.45) is 0 Å². The second-order valence-electron chi connectivity index (χ2n) is 4.65. The molecule has 1 saturated heterocycles. The monoisotopic (exact) mass is 234 g/mol. The Kier molecular flexibility index (Phi) is 4.70. The molecule has 5 atom stereocenters. The Balaban J connectivity index is 2.74. The Morgan fingerprint density at radius 1 is 1.31 bits per heavy atom. The molecular formula is C11H22O5. The molecule has 16 heavy (non-hydrogen) atoms. The summed E-state index contributed by atoms with van der Waals surface area (Å²) in [6.07, 6.45) is -1.50. The van der Waals surface area contributed by atoms with Crippen LogP contribution in [0.1, 0.15) is 33.1 Å². The SMILES string of the molecule is CCCCC1OC(CO)C(O)C(O)C1(C)O. The highest BCUT2D eigenvalue weighted by atomic mass is 16.5. The molecule has 0 radical (unpaired) electrons. The summed E-state index contributed by atoms with van der Waals surface area (Å²) >= 11 is 0. The van der Waals surface area contributed by atoms with Crippen LogP contribution in [0.25, 0.3) is 0 Å². The molecule has 1 aliphatic rings. The van der Waals surface area contributed by atoms with Crippen LogP contribution in [0.4, 0.5) is 0 Å². The number of hydrogen-bond acceptors (Lipinski definition) is 5. The average Bonchev–Trinajstić information content (AvgIpc) is 2.25. The fourth-order valence-corrected chi connectivity index (χ4v) is 2.07. The van der Waals surface area contributed by atoms with Gasteiger partial charge in [0.2, 0.25) is 0 Å². The molecule has 5 nitrogen and oxygen atoms in total. The van der Waals surface area contributed by atoms with Crippen LogP contribution < -0.4 is 0 Å². The van der Waals surface area contributed by atoms with Gasteiger partial charge in [-0.1, -0.05) is 19.8 Å². The van der Waals surface area contributed by atoms with Crippen LogP contribution in [0.3, 0.4) is 0 Å². The third-order valence-corrected chi connectivity index (χ3v) is 3.29. The van der Waals surface area contributed by atoms with Crippen molar-refractivity contribution in [3.05, 3.63) is 0 Å². The Morgan fingerprint density at radius 3 is 2.44 bits per heavy atom. The zero-order chi connectivity index (χ0) is 12.3. The molecule has 1 rings (SSSR count). The van der Waals surface area contributed by atoms with Gasteiger partial charge in [-0.15, -0.1) is 0 Å². The third kappa shape index (κ3) is 2.55. The van der Waals surface area contributed by atoms with Gasteiger partial charge in [0, 0.05) is 0 Å². The molecule has 0 aliphatic carbocycles. The van der Waals surface area contributed by atoms with Gasteiger partial charge in [-0.25, -0.2) is 0 Å². The lowest BCUT2D eigenvalue weighted by Crippen LogP contribution is -2.65. The Morgan fingerprint density at radius 2 is 1.94 bits per heavy atom. The van der Waals surface area contributed by atoms with Crippen LogP contribution in [0.5, 0.6) is 0 Å². The van der Waals surface area contributed by atoms with Crippen molar-refractivity contribution in [1.82, 2.24) is 0 Å². The fraction of sp³-hybridized carbons (Fsp3) is 1.00. The first-order valence-electron chi connectivity index (χ1n) is 5.80. The number of ether oxygens (including phenoxy) is 1. The van der Waals surface area contributed by atoms with Crippen molar-refractivity contribution >= 4 is 0 Å². The van der Waals surface area contributed by atoms with E-state index in [1.54, 1.807) is 0 Å². The molecule has 0 amide bonds. The van der Waals surface area contributed by atoms with E-state index in [-0.39, 0.29) is 6.61 Å². The predicted octanol–water partition coefficient (Wildman–Crippen LogP) is -0.591. The molecule has 0 bridgehead atoms. The molecule has 5 heteroatoms. The average molecular weight is 234 g/mol. The smallest absolute Gasteiger partial charge is 0.116 e. The van der Waals surface area contributed by atoms with E-state index in [0.29, 0.717) is 6.42 Å². The van der Waals surface area contributed by atoms with Crippen LogP contribution in [0, 0.1) is 0 Å². The molecule has 0 aromatic carbocycles. The highest BCUT2D eigenvalue weighted by molar-refractivity contribution is 5.00. The van der Waals surface area contributed by atoms with E-state index < -0.39 is 30.0 Å². The van der Waals surface area contributed by atoms with E-state index in [1.807, 2.05) is 6.92 Å². The second-order valence-corrected chi connectivity index (χ2v) is 4.65. The second kappa shape index (κ2) is 5.42. The summed E-state index contributed by atoms with van der Waals surface area (Å²) < 4.78 is 5.43. The highest BCUT2D eigenvalue weighted by Crippen LogP contribution is 2.32. The van der Waals surface area contributed by atoms with Crippen molar-refractivity contribution in [3.63, 3.8) is 0 Å². The predicted molar refractivity (Wildman–Crippen MR) is 57.9 cm³/mol. The van der Waals surface area contributed by atoms with Crippen molar-refractivity contribution in [1.29, 1.82) is 0 Å². The highest BCUT2D eigenvalue weighted by Gasteiger charge is 2.50. The standard InChI is InChI=1S/C11H22O5/c1-3-4-5-8-11(2,15)10(14)9(13)7(6-12)16-8/h7-10,12-15H,3-6H2,1-2H3. The van der Waals surface area contributed by atoms with Gasteiger partial charge in [0.15, 0.2) is 0 Å². The van der Waals surface area contributed by atoms with Crippen molar-refractivity contribution in [3.8, 4) is 0 Å². The van der Waals surface area contributed by atoms with Gasteiger partial charge in [-0.2, -0.15) is 0 Å². The zero-order valence-corrected chi connectivity index (χ0v) is 9.83.